The second-order valence-electron chi connectivity index (χ2n) is 6.71. The maximum Gasteiger partial charge on any atom is 0.410 e. The number of halogens is 1. The van der Waals surface area contributed by atoms with Crippen LogP contribution in [0.4, 0.5) is 4.79 Å². The van der Waals surface area contributed by atoms with E-state index in [9.17, 15) is 4.79 Å². The van der Waals surface area contributed by atoms with Crippen LogP contribution in [0.25, 0.3) is 0 Å². The number of likely N-dealkylation sites (tertiary alicyclic amines) is 1. The predicted octanol–water partition coefficient (Wildman–Crippen LogP) is 3.91. The van der Waals surface area contributed by atoms with Gasteiger partial charge < -0.3 is 14.4 Å². The van der Waals surface area contributed by atoms with Crippen molar-refractivity contribution in [2.45, 2.75) is 51.4 Å². The van der Waals surface area contributed by atoms with Crippen LogP contribution in [0, 0.1) is 0 Å². The summed E-state index contributed by atoms with van der Waals surface area (Å²) in [4.78, 5) is 14.2. The van der Waals surface area contributed by atoms with Crippen LogP contribution in [0.5, 0.6) is 0 Å². The monoisotopic (exact) mass is 325 g/mol. The van der Waals surface area contributed by atoms with Crippen molar-refractivity contribution in [2.75, 3.05) is 13.7 Å². The number of ether oxygens (including phenoxy) is 2. The number of rotatable bonds is 3. The number of amides is 1. The lowest BCUT2D eigenvalue weighted by molar-refractivity contribution is 0.0197. The highest BCUT2D eigenvalue weighted by molar-refractivity contribution is 6.30. The molecule has 4 nitrogen and oxygen atoms in total. The average Bonchev–Trinajstić information content (AvgIpc) is 2.83. The molecule has 0 bridgehead atoms. The molecule has 0 radical (unpaired) electrons. The molecule has 1 aliphatic heterocycles. The molecule has 0 saturated carbocycles. The van der Waals surface area contributed by atoms with Gasteiger partial charge in [0.05, 0.1) is 12.6 Å². The molecule has 0 aromatic heterocycles. The van der Waals surface area contributed by atoms with Gasteiger partial charge in [0, 0.05) is 18.2 Å². The zero-order chi connectivity index (χ0) is 16.3. The minimum absolute atomic E-state index is 0.0600. The molecule has 122 valence electrons. The number of methoxy groups -OCH3 is 1. The van der Waals surface area contributed by atoms with Gasteiger partial charge >= 0.3 is 6.09 Å². The third-order valence-corrected chi connectivity index (χ3v) is 3.97. The summed E-state index contributed by atoms with van der Waals surface area (Å²) < 4.78 is 11.0. The molecular formula is C17H24ClNO3. The Kier molecular flexibility index (Phi) is 5.35. The summed E-state index contributed by atoms with van der Waals surface area (Å²) in [7, 11) is 1.68. The third-order valence-electron chi connectivity index (χ3n) is 3.72. The molecule has 1 amide bonds. The number of carbonyl (C=O) groups is 1. The molecule has 0 spiro atoms. The number of nitrogens with zero attached hydrogens (tertiary/aromatic N) is 1. The molecule has 22 heavy (non-hydrogen) atoms. The Balaban J connectivity index is 2.08. The van der Waals surface area contributed by atoms with E-state index in [1.54, 1.807) is 12.0 Å². The van der Waals surface area contributed by atoms with Crippen molar-refractivity contribution in [1.29, 1.82) is 0 Å². The zero-order valence-electron chi connectivity index (χ0n) is 13.6. The minimum atomic E-state index is -0.493. The normalized spacial score (nSPS) is 22.0. The molecule has 2 rings (SSSR count). The van der Waals surface area contributed by atoms with Gasteiger partial charge in [-0.2, -0.15) is 0 Å². The van der Waals surface area contributed by atoms with Crippen LogP contribution in [0.3, 0.4) is 0 Å². The largest absolute Gasteiger partial charge is 0.444 e. The smallest absolute Gasteiger partial charge is 0.410 e. The van der Waals surface area contributed by atoms with Crippen LogP contribution in [-0.2, 0) is 15.9 Å². The van der Waals surface area contributed by atoms with E-state index < -0.39 is 5.60 Å². The van der Waals surface area contributed by atoms with Gasteiger partial charge in [-0.1, -0.05) is 23.7 Å². The first-order chi connectivity index (χ1) is 10.3. The van der Waals surface area contributed by atoms with Gasteiger partial charge in [-0.05, 0) is 51.3 Å². The van der Waals surface area contributed by atoms with Crippen LogP contribution in [-0.4, -0.2) is 42.4 Å². The van der Waals surface area contributed by atoms with Crippen molar-refractivity contribution in [3.63, 3.8) is 0 Å². The first kappa shape index (κ1) is 17.1. The SMILES string of the molecule is COC1CC(Cc2ccc(Cl)cc2)N(C(=O)OC(C)(C)C)C1. The molecule has 2 atom stereocenters. The highest BCUT2D eigenvalue weighted by Gasteiger charge is 2.37. The average molecular weight is 326 g/mol. The summed E-state index contributed by atoms with van der Waals surface area (Å²) >= 11 is 5.92. The standard InChI is InChI=1S/C17H24ClNO3/c1-17(2,3)22-16(20)19-11-15(21-4)10-14(19)9-12-5-7-13(18)8-6-12/h5-8,14-15H,9-11H2,1-4H3. The molecule has 0 N–H and O–H groups in total. The Hall–Kier alpha value is -1.26. The van der Waals surface area contributed by atoms with E-state index in [1.807, 2.05) is 45.0 Å². The molecule has 1 fully saturated rings. The van der Waals surface area contributed by atoms with Crippen LogP contribution < -0.4 is 0 Å². The summed E-state index contributed by atoms with van der Waals surface area (Å²) in [6.45, 7) is 6.21. The van der Waals surface area contributed by atoms with Crippen LogP contribution in [0.2, 0.25) is 5.02 Å². The Morgan fingerprint density at radius 3 is 2.50 bits per heavy atom. The van der Waals surface area contributed by atoms with Crippen LogP contribution in [0.1, 0.15) is 32.8 Å². The molecule has 1 aromatic rings. The van der Waals surface area contributed by atoms with Crippen molar-refractivity contribution in [3.8, 4) is 0 Å². The lowest BCUT2D eigenvalue weighted by Crippen LogP contribution is -2.41. The van der Waals surface area contributed by atoms with Crippen LogP contribution >= 0.6 is 11.6 Å². The van der Waals surface area contributed by atoms with Crippen LogP contribution in [0.15, 0.2) is 24.3 Å². The highest BCUT2D eigenvalue weighted by Crippen LogP contribution is 2.26. The lowest BCUT2D eigenvalue weighted by atomic mass is 10.0. The second-order valence-corrected chi connectivity index (χ2v) is 7.15. The van der Waals surface area contributed by atoms with Gasteiger partial charge in [-0.25, -0.2) is 4.79 Å². The molecule has 1 saturated heterocycles. The molecule has 1 aromatic carbocycles. The van der Waals surface area contributed by atoms with Crippen molar-refractivity contribution >= 4 is 17.7 Å². The Morgan fingerprint density at radius 1 is 1.32 bits per heavy atom. The summed E-state index contributed by atoms with van der Waals surface area (Å²) in [5.41, 5.74) is 0.660. The number of benzene rings is 1. The maximum absolute atomic E-state index is 12.4. The van der Waals surface area contributed by atoms with E-state index in [2.05, 4.69) is 0 Å². The fraction of sp³-hybridized carbons (Fsp3) is 0.588. The molecule has 0 aliphatic carbocycles. The van der Waals surface area contributed by atoms with Gasteiger partial charge in [0.1, 0.15) is 5.60 Å². The molecule has 2 unspecified atom stereocenters. The summed E-state index contributed by atoms with van der Waals surface area (Å²) in [5.74, 6) is 0. The van der Waals surface area contributed by atoms with E-state index in [1.165, 1.54) is 0 Å². The van der Waals surface area contributed by atoms with Gasteiger partial charge in [0.25, 0.3) is 0 Å². The Bertz CT molecular complexity index is 510. The van der Waals surface area contributed by atoms with E-state index in [0.29, 0.717) is 11.6 Å². The first-order valence-electron chi connectivity index (χ1n) is 7.55. The van der Waals surface area contributed by atoms with Gasteiger partial charge in [-0.3, -0.25) is 0 Å². The minimum Gasteiger partial charge on any atom is -0.444 e. The van der Waals surface area contributed by atoms with Crippen molar-refractivity contribution in [2.24, 2.45) is 0 Å². The Morgan fingerprint density at radius 2 is 1.95 bits per heavy atom. The lowest BCUT2D eigenvalue weighted by Gasteiger charge is -2.28. The topological polar surface area (TPSA) is 38.8 Å². The molecule has 1 aliphatic rings. The zero-order valence-corrected chi connectivity index (χ0v) is 14.4. The predicted molar refractivity (Wildman–Crippen MR) is 87.3 cm³/mol. The van der Waals surface area contributed by atoms with E-state index in [-0.39, 0.29) is 18.2 Å². The summed E-state index contributed by atoms with van der Waals surface area (Å²) in [5, 5.41) is 0.717. The highest BCUT2D eigenvalue weighted by atomic mass is 35.5. The maximum atomic E-state index is 12.4. The van der Waals surface area contributed by atoms with E-state index in [4.69, 9.17) is 21.1 Å². The van der Waals surface area contributed by atoms with Gasteiger partial charge in [0.15, 0.2) is 0 Å². The fourth-order valence-electron chi connectivity index (χ4n) is 2.67. The molecule has 5 heteroatoms. The number of hydrogen-bond donors (Lipinski definition) is 0. The van der Waals surface area contributed by atoms with E-state index in [0.717, 1.165) is 18.4 Å². The Labute approximate surface area is 137 Å². The summed E-state index contributed by atoms with van der Waals surface area (Å²) in [6, 6.07) is 7.82. The second kappa shape index (κ2) is 6.88. The van der Waals surface area contributed by atoms with Gasteiger partial charge in [0.2, 0.25) is 0 Å². The van der Waals surface area contributed by atoms with E-state index >= 15 is 0 Å². The van der Waals surface area contributed by atoms with Crippen molar-refractivity contribution < 1.29 is 14.3 Å². The third kappa shape index (κ3) is 4.62. The van der Waals surface area contributed by atoms with Gasteiger partial charge in [-0.15, -0.1) is 0 Å². The number of hydrogen-bond acceptors (Lipinski definition) is 3. The summed E-state index contributed by atoms with van der Waals surface area (Å²) in [6.07, 6.45) is 1.38. The molecule has 1 heterocycles. The molecular weight excluding hydrogens is 302 g/mol. The fourth-order valence-corrected chi connectivity index (χ4v) is 2.80. The quantitative estimate of drug-likeness (QED) is 0.845. The van der Waals surface area contributed by atoms with Crippen molar-refractivity contribution in [1.82, 2.24) is 4.90 Å². The first-order valence-corrected chi connectivity index (χ1v) is 7.93. The number of carbonyl (C=O) groups excluding carboxylic acids is 1. The van der Waals surface area contributed by atoms with Crippen molar-refractivity contribution in [3.05, 3.63) is 34.9 Å².